The Kier molecular flexibility index (Phi) is 6.96. The Morgan fingerprint density at radius 2 is 1.82 bits per heavy atom. The molecule has 3 aromatic carbocycles. The monoisotopic (exact) mass is 509 g/mol. The maximum absolute atomic E-state index is 14.0. The maximum Gasteiger partial charge on any atom is 0.309 e. The summed E-state index contributed by atoms with van der Waals surface area (Å²) in [6, 6.07) is 12.7. The predicted molar refractivity (Wildman–Crippen MR) is 127 cm³/mol. The summed E-state index contributed by atoms with van der Waals surface area (Å²) in [6.45, 7) is 0.571. The van der Waals surface area contributed by atoms with Crippen LogP contribution in [-0.4, -0.2) is 38.9 Å². The summed E-state index contributed by atoms with van der Waals surface area (Å²) in [4.78, 5) is 11.8. The van der Waals surface area contributed by atoms with E-state index >= 15 is 0 Å². The maximum atomic E-state index is 14.0. The highest BCUT2D eigenvalue weighted by Crippen LogP contribution is 2.37. The van der Waals surface area contributed by atoms with E-state index in [0.717, 1.165) is 21.9 Å². The van der Waals surface area contributed by atoms with Crippen molar-refractivity contribution in [2.75, 3.05) is 20.2 Å². The van der Waals surface area contributed by atoms with E-state index in [9.17, 15) is 17.6 Å². The third kappa shape index (κ3) is 5.01. The summed E-state index contributed by atoms with van der Waals surface area (Å²) in [7, 11) is -2.47. The quantitative estimate of drug-likeness (QED) is 0.421. The summed E-state index contributed by atoms with van der Waals surface area (Å²) in [5, 5.41) is 2.01. The van der Waals surface area contributed by atoms with Crippen molar-refractivity contribution in [2.45, 2.75) is 30.1 Å². The van der Waals surface area contributed by atoms with E-state index < -0.39 is 10.0 Å². The zero-order valence-electron chi connectivity index (χ0n) is 17.9. The highest BCUT2D eigenvalue weighted by molar-refractivity contribution is 7.89. The van der Waals surface area contributed by atoms with Gasteiger partial charge in [-0.1, -0.05) is 41.4 Å². The third-order valence-electron chi connectivity index (χ3n) is 5.99. The number of esters is 1. The van der Waals surface area contributed by atoms with Gasteiger partial charge in [-0.25, -0.2) is 12.8 Å². The van der Waals surface area contributed by atoms with E-state index in [1.54, 1.807) is 12.1 Å². The number of carbonyl (C=O) groups is 1. The number of benzene rings is 3. The molecule has 1 fully saturated rings. The molecule has 0 radical (unpaired) electrons. The smallest absolute Gasteiger partial charge is 0.309 e. The Labute approximate surface area is 202 Å². The largest absolute Gasteiger partial charge is 0.469 e. The van der Waals surface area contributed by atoms with Crippen molar-refractivity contribution in [3.63, 3.8) is 0 Å². The van der Waals surface area contributed by atoms with Gasteiger partial charge in [0.2, 0.25) is 10.0 Å². The summed E-state index contributed by atoms with van der Waals surface area (Å²) in [5.74, 6) is -0.699. The lowest BCUT2D eigenvalue weighted by molar-refractivity contribution is -0.139. The van der Waals surface area contributed by atoms with E-state index in [2.05, 4.69) is 0 Å². The molecular formula is C24H22Cl2FNO4S. The Balaban J connectivity index is 1.63. The molecule has 1 saturated heterocycles. The van der Waals surface area contributed by atoms with Crippen molar-refractivity contribution in [3.8, 4) is 0 Å². The van der Waals surface area contributed by atoms with Crippen LogP contribution in [0.5, 0.6) is 0 Å². The number of hydrogen-bond donors (Lipinski definition) is 0. The van der Waals surface area contributed by atoms with Gasteiger partial charge >= 0.3 is 5.97 Å². The number of rotatable bonds is 5. The summed E-state index contributed by atoms with van der Waals surface area (Å²) in [6.07, 6.45) is 1.20. The van der Waals surface area contributed by atoms with Crippen LogP contribution in [0.3, 0.4) is 0 Å². The van der Waals surface area contributed by atoms with E-state index in [-0.39, 0.29) is 47.1 Å². The lowest BCUT2D eigenvalue weighted by Gasteiger charge is -2.32. The molecule has 0 amide bonds. The molecule has 0 atom stereocenters. The third-order valence-corrected chi connectivity index (χ3v) is 8.60. The second-order valence-electron chi connectivity index (χ2n) is 8.06. The second kappa shape index (κ2) is 9.58. The number of piperidine rings is 1. The number of sulfonamides is 1. The molecular weight excluding hydrogens is 488 g/mol. The zero-order chi connectivity index (χ0) is 23.8. The summed E-state index contributed by atoms with van der Waals surface area (Å²) in [5.41, 5.74) is 1.68. The standard InChI is InChI=1S/C24H22Cl2FNO4S/c1-32-24(29)12-15-10-17-2-4-19(27)14-21(17)20(11-15)16-6-8-28(9-7-16)33(30,31)23-13-18(25)3-5-22(23)26/h2-5,10-11,13-14,16H,6-9,12H2,1H3. The average Bonchev–Trinajstić information content (AvgIpc) is 2.80. The van der Waals surface area contributed by atoms with E-state index in [4.69, 9.17) is 27.9 Å². The predicted octanol–water partition coefficient (Wildman–Crippen LogP) is 5.57. The number of hydrogen-bond acceptors (Lipinski definition) is 4. The van der Waals surface area contributed by atoms with Crippen molar-refractivity contribution in [1.29, 1.82) is 0 Å². The Hall–Kier alpha value is -2.19. The van der Waals surface area contributed by atoms with Gasteiger partial charge in [0, 0.05) is 18.1 Å². The first kappa shape index (κ1) is 24.0. The van der Waals surface area contributed by atoms with E-state index in [0.29, 0.717) is 17.9 Å². The molecule has 0 saturated carbocycles. The number of ether oxygens (including phenoxy) is 1. The number of carbonyl (C=O) groups excluding carboxylic acids is 1. The minimum atomic E-state index is -3.80. The molecule has 1 aliphatic rings. The minimum absolute atomic E-state index is 0.00757. The molecule has 33 heavy (non-hydrogen) atoms. The van der Waals surface area contributed by atoms with Gasteiger partial charge in [-0.3, -0.25) is 4.79 Å². The molecule has 3 aromatic rings. The van der Waals surface area contributed by atoms with Gasteiger partial charge in [0.1, 0.15) is 10.7 Å². The Morgan fingerprint density at radius 1 is 1.09 bits per heavy atom. The van der Waals surface area contributed by atoms with Crippen molar-refractivity contribution in [3.05, 3.63) is 75.5 Å². The topological polar surface area (TPSA) is 63.7 Å². The summed E-state index contributed by atoms with van der Waals surface area (Å²) >= 11 is 12.1. The molecule has 5 nitrogen and oxygen atoms in total. The molecule has 1 heterocycles. The molecule has 0 aliphatic carbocycles. The first-order valence-corrected chi connectivity index (χ1v) is 12.6. The molecule has 1 aliphatic heterocycles. The van der Waals surface area contributed by atoms with Crippen LogP contribution in [0.1, 0.15) is 29.9 Å². The van der Waals surface area contributed by atoms with Crippen LogP contribution >= 0.6 is 23.2 Å². The fourth-order valence-corrected chi connectivity index (χ4v) is 6.53. The Morgan fingerprint density at radius 3 is 2.52 bits per heavy atom. The summed E-state index contributed by atoms with van der Waals surface area (Å²) < 4.78 is 46.5. The zero-order valence-corrected chi connectivity index (χ0v) is 20.2. The molecule has 0 aromatic heterocycles. The average molecular weight is 510 g/mol. The first-order chi connectivity index (χ1) is 15.7. The highest BCUT2D eigenvalue weighted by Gasteiger charge is 2.32. The van der Waals surface area contributed by atoms with Crippen LogP contribution in [0.4, 0.5) is 4.39 Å². The van der Waals surface area contributed by atoms with Crippen LogP contribution in [0.25, 0.3) is 10.8 Å². The van der Waals surface area contributed by atoms with E-state index in [1.165, 1.54) is 35.7 Å². The molecule has 0 unspecified atom stereocenters. The number of nitrogens with zero attached hydrogens (tertiary/aromatic N) is 1. The fraction of sp³-hybridized carbons (Fsp3) is 0.292. The molecule has 0 spiro atoms. The highest BCUT2D eigenvalue weighted by atomic mass is 35.5. The van der Waals surface area contributed by atoms with Gasteiger partial charge in [-0.15, -0.1) is 0 Å². The van der Waals surface area contributed by atoms with Gasteiger partial charge in [0.15, 0.2) is 0 Å². The van der Waals surface area contributed by atoms with Crippen LogP contribution in [-0.2, 0) is 26.0 Å². The van der Waals surface area contributed by atoms with E-state index in [1.807, 2.05) is 12.1 Å². The molecule has 174 valence electrons. The number of halogens is 3. The number of methoxy groups -OCH3 is 1. The van der Waals surface area contributed by atoms with Crippen molar-refractivity contribution in [1.82, 2.24) is 4.31 Å². The van der Waals surface area contributed by atoms with Gasteiger partial charge < -0.3 is 4.74 Å². The minimum Gasteiger partial charge on any atom is -0.469 e. The second-order valence-corrected chi connectivity index (χ2v) is 10.8. The first-order valence-electron chi connectivity index (χ1n) is 10.4. The van der Waals surface area contributed by atoms with Gasteiger partial charge in [-0.05, 0) is 71.0 Å². The van der Waals surface area contributed by atoms with Crippen molar-refractivity contribution in [2.24, 2.45) is 0 Å². The molecule has 0 N–H and O–H groups in total. The van der Waals surface area contributed by atoms with Crippen molar-refractivity contribution >= 4 is 50.0 Å². The van der Waals surface area contributed by atoms with Crippen LogP contribution in [0.15, 0.2) is 53.4 Å². The lowest BCUT2D eigenvalue weighted by Crippen LogP contribution is -2.38. The Bertz CT molecular complexity index is 1320. The van der Waals surface area contributed by atoms with Gasteiger partial charge in [0.25, 0.3) is 0 Å². The molecule has 0 bridgehead atoms. The molecule has 4 rings (SSSR count). The SMILES string of the molecule is COC(=O)Cc1cc(C2CCN(S(=O)(=O)c3cc(Cl)ccc3Cl)CC2)c2cc(F)ccc2c1. The van der Waals surface area contributed by atoms with Crippen molar-refractivity contribution < 1.29 is 22.3 Å². The van der Waals surface area contributed by atoms with Gasteiger partial charge in [-0.2, -0.15) is 4.31 Å². The van der Waals surface area contributed by atoms with Crippen LogP contribution in [0.2, 0.25) is 10.0 Å². The van der Waals surface area contributed by atoms with Crippen LogP contribution < -0.4 is 0 Å². The van der Waals surface area contributed by atoms with Gasteiger partial charge in [0.05, 0.1) is 18.6 Å². The van der Waals surface area contributed by atoms with Crippen LogP contribution in [0, 0.1) is 5.82 Å². The molecule has 9 heteroatoms. The normalized spacial score (nSPS) is 15.6. The number of fused-ring (bicyclic) bond motifs is 1. The lowest BCUT2D eigenvalue weighted by atomic mass is 9.85. The fourth-order valence-electron chi connectivity index (χ4n) is 4.32.